The maximum atomic E-state index is 6.19. The molecule has 0 amide bonds. The SMILES string of the molecule is CCc1nc(N2CC[NH+](c3cccc(C)c3)CC2)c2oc3ccccc3c2n1. The lowest BCUT2D eigenvalue weighted by Crippen LogP contribution is -3.10. The maximum Gasteiger partial charge on any atom is 0.196 e. The average molecular weight is 373 g/mol. The van der Waals surface area contributed by atoms with E-state index in [1.54, 1.807) is 0 Å². The second-order valence-electron chi connectivity index (χ2n) is 7.55. The number of piperazine rings is 1. The van der Waals surface area contributed by atoms with Crippen molar-refractivity contribution < 1.29 is 9.32 Å². The standard InChI is InChI=1S/C23H24N4O/c1-3-20-24-21-18-9-4-5-10-19(18)28-22(21)23(25-20)27-13-11-26(12-14-27)17-8-6-7-16(2)15-17/h4-10,15H,3,11-14H2,1-2H3/p+1. The Morgan fingerprint density at radius 1 is 1.04 bits per heavy atom. The molecule has 1 N–H and O–H groups in total. The minimum Gasteiger partial charge on any atom is -0.450 e. The smallest absolute Gasteiger partial charge is 0.196 e. The molecule has 5 heteroatoms. The number of nitrogens with one attached hydrogen (secondary N) is 1. The number of aryl methyl sites for hydroxylation is 2. The van der Waals surface area contributed by atoms with E-state index in [1.165, 1.54) is 16.2 Å². The molecule has 0 bridgehead atoms. The molecule has 1 saturated heterocycles. The highest BCUT2D eigenvalue weighted by atomic mass is 16.3. The number of hydrogen-bond acceptors (Lipinski definition) is 4. The Morgan fingerprint density at radius 3 is 2.64 bits per heavy atom. The van der Waals surface area contributed by atoms with Gasteiger partial charge in [0.15, 0.2) is 11.4 Å². The summed E-state index contributed by atoms with van der Waals surface area (Å²) in [5.41, 5.74) is 5.33. The summed E-state index contributed by atoms with van der Waals surface area (Å²) in [5.74, 6) is 1.82. The number of para-hydroxylation sites is 1. The van der Waals surface area contributed by atoms with Gasteiger partial charge in [0.05, 0.1) is 26.2 Å². The molecule has 5 rings (SSSR count). The monoisotopic (exact) mass is 373 g/mol. The van der Waals surface area contributed by atoms with E-state index in [-0.39, 0.29) is 0 Å². The second kappa shape index (κ2) is 6.91. The molecule has 1 aliphatic rings. The number of quaternary nitrogens is 1. The highest BCUT2D eigenvalue weighted by Crippen LogP contribution is 2.33. The summed E-state index contributed by atoms with van der Waals surface area (Å²) in [5, 5.41) is 1.07. The largest absolute Gasteiger partial charge is 0.450 e. The molecule has 0 atom stereocenters. The van der Waals surface area contributed by atoms with E-state index in [0.29, 0.717) is 0 Å². The van der Waals surface area contributed by atoms with Crippen molar-refractivity contribution in [2.75, 3.05) is 31.1 Å². The van der Waals surface area contributed by atoms with Crippen LogP contribution >= 0.6 is 0 Å². The first-order valence-electron chi connectivity index (χ1n) is 10.1. The number of benzene rings is 2. The summed E-state index contributed by atoms with van der Waals surface area (Å²) in [6.45, 7) is 8.27. The molecule has 0 radical (unpaired) electrons. The van der Waals surface area contributed by atoms with E-state index in [9.17, 15) is 0 Å². The van der Waals surface area contributed by atoms with Crippen LogP contribution in [0.3, 0.4) is 0 Å². The second-order valence-corrected chi connectivity index (χ2v) is 7.55. The molecule has 4 aromatic rings. The highest BCUT2D eigenvalue weighted by Gasteiger charge is 2.26. The molecule has 3 heterocycles. The molecule has 0 spiro atoms. The number of rotatable bonds is 3. The molecule has 0 unspecified atom stereocenters. The Morgan fingerprint density at radius 2 is 1.86 bits per heavy atom. The van der Waals surface area contributed by atoms with Gasteiger partial charge in [0.1, 0.15) is 22.6 Å². The minimum absolute atomic E-state index is 0.816. The van der Waals surface area contributed by atoms with Crippen molar-refractivity contribution in [3.05, 3.63) is 59.9 Å². The molecule has 5 nitrogen and oxygen atoms in total. The Labute approximate surface area is 164 Å². The summed E-state index contributed by atoms with van der Waals surface area (Å²) in [6, 6.07) is 17.0. The Hall–Kier alpha value is -2.92. The lowest BCUT2D eigenvalue weighted by molar-refractivity contribution is -0.833. The number of fused-ring (bicyclic) bond motifs is 3. The van der Waals surface area contributed by atoms with E-state index in [1.807, 2.05) is 18.2 Å². The molecule has 0 saturated carbocycles. The molecular formula is C23H25N4O+. The molecule has 1 aliphatic heterocycles. The van der Waals surface area contributed by atoms with Crippen LogP contribution in [-0.2, 0) is 6.42 Å². The number of furan rings is 1. The van der Waals surface area contributed by atoms with Crippen LogP contribution in [0, 0.1) is 6.92 Å². The van der Waals surface area contributed by atoms with Gasteiger partial charge in [-0.3, -0.25) is 4.90 Å². The zero-order chi connectivity index (χ0) is 19.1. The van der Waals surface area contributed by atoms with Gasteiger partial charge in [-0.1, -0.05) is 31.2 Å². The van der Waals surface area contributed by atoms with Crippen LogP contribution in [0.4, 0.5) is 11.5 Å². The van der Waals surface area contributed by atoms with Gasteiger partial charge in [-0.15, -0.1) is 0 Å². The summed E-state index contributed by atoms with van der Waals surface area (Å²) in [7, 11) is 0. The number of anilines is 1. The van der Waals surface area contributed by atoms with Gasteiger partial charge < -0.3 is 9.32 Å². The molecule has 2 aromatic heterocycles. The van der Waals surface area contributed by atoms with Gasteiger partial charge in [0, 0.05) is 17.9 Å². The minimum atomic E-state index is 0.816. The van der Waals surface area contributed by atoms with Crippen LogP contribution in [0.25, 0.3) is 22.1 Å². The predicted octanol–water partition coefficient (Wildman–Crippen LogP) is 3.28. The van der Waals surface area contributed by atoms with Crippen molar-refractivity contribution in [1.29, 1.82) is 0 Å². The molecule has 142 valence electrons. The zero-order valence-corrected chi connectivity index (χ0v) is 16.4. The Kier molecular flexibility index (Phi) is 4.24. The molecule has 2 aromatic carbocycles. The lowest BCUT2D eigenvalue weighted by Gasteiger charge is -2.32. The van der Waals surface area contributed by atoms with Crippen LogP contribution in [-0.4, -0.2) is 36.1 Å². The first-order chi connectivity index (χ1) is 13.7. The van der Waals surface area contributed by atoms with Crippen LogP contribution in [0.2, 0.25) is 0 Å². The van der Waals surface area contributed by atoms with Crippen molar-refractivity contribution in [1.82, 2.24) is 9.97 Å². The lowest BCUT2D eigenvalue weighted by atomic mass is 10.2. The fraction of sp³-hybridized carbons (Fsp3) is 0.304. The van der Waals surface area contributed by atoms with E-state index in [4.69, 9.17) is 14.4 Å². The third-order valence-corrected chi connectivity index (χ3v) is 5.66. The van der Waals surface area contributed by atoms with Crippen LogP contribution in [0.1, 0.15) is 18.3 Å². The normalized spacial score (nSPS) is 15.6. The van der Waals surface area contributed by atoms with Crippen molar-refractivity contribution in [2.45, 2.75) is 20.3 Å². The number of hydrogen-bond donors (Lipinski definition) is 1. The zero-order valence-electron chi connectivity index (χ0n) is 16.4. The average Bonchev–Trinajstić information content (AvgIpc) is 3.12. The maximum absolute atomic E-state index is 6.19. The fourth-order valence-corrected chi connectivity index (χ4v) is 4.14. The Bertz CT molecular complexity index is 1140. The third-order valence-electron chi connectivity index (χ3n) is 5.66. The first-order valence-corrected chi connectivity index (χ1v) is 10.1. The quantitative estimate of drug-likeness (QED) is 0.599. The van der Waals surface area contributed by atoms with Gasteiger partial charge in [-0.25, -0.2) is 9.97 Å². The van der Waals surface area contributed by atoms with Gasteiger partial charge >= 0.3 is 0 Å². The van der Waals surface area contributed by atoms with Crippen molar-refractivity contribution in [2.24, 2.45) is 0 Å². The summed E-state index contributed by atoms with van der Waals surface area (Å²) in [4.78, 5) is 13.5. The molecule has 28 heavy (non-hydrogen) atoms. The third kappa shape index (κ3) is 2.92. The van der Waals surface area contributed by atoms with E-state index < -0.39 is 0 Å². The number of aromatic nitrogens is 2. The summed E-state index contributed by atoms with van der Waals surface area (Å²) in [6.07, 6.45) is 0.816. The summed E-state index contributed by atoms with van der Waals surface area (Å²) < 4.78 is 6.19. The predicted molar refractivity (Wildman–Crippen MR) is 112 cm³/mol. The van der Waals surface area contributed by atoms with Gasteiger partial charge in [-0.05, 0) is 30.7 Å². The van der Waals surface area contributed by atoms with E-state index in [0.717, 1.165) is 66.3 Å². The van der Waals surface area contributed by atoms with Crippen molar-refractivity contribution in [3.63, 3.8) is 0 Å². The van der Waals surface area contributed by atoms with Crippen molar-refractivity contribution in [3.8, 4) is 0 Å². The van der Waals surface area contributed by atoms with E-state index >= 15 is 0 Å². The highest BCUT2D eigenvalue weighted by molar-refractivity contribution is 6.05. The molecule has 0 aliphatic carbocycles. The van der Waals surface area contributed by atoms with Crippen molar-refractivity contribution >= 4 is 33.6 Å². The topological polar surface area (TPSA) is 46.6 Å². The fourth-order valence-electron chi connectivity index (χ4n) is 4.14. The van der Waals surface area contributed by atoms with Crippen LogP contribution < -0.4 is 9.80 Å². The summed E-state index contributed by atoms with van der Waals surface area (Å²) >= 11 is 0. The van der Waals surface area contributed by atoms with Crippen LogP contribution in [0.15, 0.2) is 52.9 Å². The van der Waals surface area contributed by atoms with Crippen LogP contribution in [0.5, 0.6) is 0 Å². The van der Waals surface area contributed by atoms with E-state index in [2.05, 4.69) is 49.1 Å². The molecule has 1 fully saturated rings. The van der Waals surface area contributed by atoms with Gasteiger partial charge in [0.2, 0.25) is 0 Å². The molecular weight excluding hydrogens is 348 g/mol. The van der Waals surface area contributed by atoms with Gasteiger partial charge in [0.25, 0.3) is 0 Å². The Balaban J connectivity index is 1.49. The first kappa shape index (κ1) is 17.2. The van der Waals surface area contributed by atoms with Gasteiger partial charge in [-0.2, -0.15) is 0 Å². The number of nitrogens with zero attached hydrogens (tertiary/aromatic N) is 3.